The van der Waals surface area contributed by atoms with Crippen LogP contribution in [0.4, 0.5) is 13.2 Å². The quantitative estimate of drug-likeness (QED) is 0.734. The van der Waals surface area contributed by atoms with Gasteiger partial charge in [-0.2, -0.15) is 13.2 Å². The minimum absolute atomic E-state index is 0.0803. The van der Waals surface area contributed by atoms with Crippen molar-refractivity contribution in [3.8, 4) is 0 Å². The molecule has 0 bridgehead atoms. The zero-order valence-corrected chi connectivity index (χ0v) is 15.3. The Labute approximate surface area is 156 Å². The van der Waals surface area contributed by atoms with Crippen LogP contribution in [0.25, 0.3) is 0 Å². The molecule has 150 valence electrons. The summed E-state index contributed by atoms with van der Waals surface area (Å²) in [5.74, 6) is -0.718. The van der Waals surface area contributed by atoms with E-state index in [1.807, 2.05) is 45.4 Å². The fourth-order valence-corrected chi connectivity index (χ4v) is 2.87. The number of rotatable bonds is 7. The summed E-state index contributed by atoms with van der Waals surface area (Å²) in [6.07, 6.45) is -4.42. The Morgan fingerprint density at radius 2 is 1.70 bits per heavy atom. The molecule has 0 saturated carbocycles. The molecule has 1 aromatic carbocycles. The third kappa shape index (κ3) is 7.56. The molecule has 27 heavy (non-hydrogen) atoms. The Hall–Kier alpha value is -2.13. The van der Waals surface area contributed by atoms with Gasteiger partial charge in [0.05, 0.1) is 12.6 Å². The highest BCUT2D eigenvalue weighted by atomic mass is 19.4. The number of nitrogens with zero attached hydrogens (tertiary/aromatic N) is 2. The van der Waals surface area contributed by atoms with Gasteiger partial charge in [0.15, 0.2) is 0 Å². The van der Waals surface area contributed by atoms with Gasteiger partial charge in [0, 0.05) is 32.7 Å². The first-order chi connectivity index (χ1) is 12.7. The zero-order chi connectivity index (χ0) is 19.9. The molecule has 1 fully saturated rings. The third-order valence-electron chi connectivity index (χ3n) is 4.50. The number of amides is 2. The topological polar surface area (TPSA) is 64.7 Å². The number of halogens is 3. The van der Waals surface area contributed by atoms with E-state index in [-0.39, 0.29) is 12.5 Å². The van der Waals surface area contributed by atoms with Crippen LogP contribution in [-0.4, -0.2) is 73.1 Å². The van der Waals surface area contributed by atoms with Crippen LogP contribution in [-0.2, 0) is 16.1 Å². The molecule has 1 heterocycles. The van der Waals surface area contributed by atoms with Crippen LogP contribution in [0.3, 0.4) is 0 Å². The Bertz CT molecular complexity index is 617. The van der Waals surface area contributed by atoms with Crippen molar-refractivity contribution in [1.82, 2.24) is 20.4 Å². The van der Waals surface area contributed by atoms with Gasteiger partial charge in [-0.1, -0.05) is 30.3 Å². The number of hydrogen-bond acceptors (Lipinski definition) is 4. The van der Waals surface area contributed by atoms with E-state index in [4.69, 9.17) is 0 Å². The molecule has 1 aliphatic heterocycles. The first kappa shape index (κ1) is 21.2. The van der Waals surface area contributed by atoms with Crippen LogP contribution in [0, 0.1) is 0 Å². The van der Waals surface area contributed by atoms with E-state index in [1.165, 1.54) is 0 Å². The molecular formula is C18H25F3N4O2. The lowest BCUT2D eigenvalue weighted by Crippen LogP contribution is -2.55. The van der Waals surface area contributed by atoms with E-state index in [9.17, 15) is 22.8 Å². The number of hydrogen-bond donors (Lipinski definition) is 2. The largest absolute Gasteiger partial charge is 0.405 e. The zero-order valence-electron chi connectivity index (χ0n) is 15.3. The van der Waals surface area contributed by atoms with Crippen LogP contribution in [0.15, 0.2) is 30.3 Å². The lowest BCUT2D eigenvalue weighted by molar-refractivity contribution is -0.141. The van der Waals surface area contributed by atoms with Gasteiger partial charge in [0.25, 0.3) is 0 Å². The standard InChI is InChI=1S/C18H25F3N4O2/c1-14(17(27)23-13-18(19,20)21)25-9-7-24(8-10-25)12-16(26)22-11-15-5-3-2-4-6-15/h2-6,14H,7-13H2,1H3,(H,22,26)(H,23,27). The van der Waals surface area contributed by atoms with Crippen molar-refractivity contribution < 1.29 is 22.8 Å². The molecule has 0 radical (unpaired) electrons. The Morgan fingerprint density at radius 1 is 1.07 bits per heavy atom. The van der Waals surface area contributed by atoms with Gasteiger partial charge < -0.3 is 10.6 Å². The predicted molar refractivity (Wildman–Crippen MR) is 94.8 cm³/mol. The molecule has 2 N–H and O–H groups in total. The summed E-state index contributed by atoms with van der Waals surface area (Å²) >= 11 is 0. The lowest BCUT2D eigenvalue weighted by atomic mass is 10.2. The van der Waals surface area contributed by atoms with Gasteiger partial charge in [-0.15, -0.1) is 0 Å². The van der Waals surface area contributed by atoms with Gasteiger partial charge in [-0.05, 0) is 12.5 Å². The minimum atomic E-state index is -4.42. The molecule has 1 aromatic rings. The maximum atomic E-state index is 12.2. The van der Waals surface area contributed by atoms with Crippen LogP contribution < -0.4 is 10.6 Å². The highest BCUT2D eigenvalue weighted by Crippen LogP contribution is 2.13. The van der Waals surface area contributed by atoms with E-state index in [0.29, 0.717) is 32.7 Å². The van der Waals surface area contributed by atoms with Crippen LogP contribution in [0.2, 0.25) is 0 Å². The second-order valence-electron chi connectivity index (χ2n) is 6.58. The van der Waals surface area contributed by atoms with Crippen molar-refractivity contribution in [3.63, 3.8) is 0 Å². The average molecular weight is 386 g/mol. The second kappa shape index (κ2) is 9.70. The highest BCUT2D eigenvalue weighted by Gasteiger charge is 2.31. The number of carbonyl (C=O) groups excluding carboxylic acids is 2. The van der Waals surface area contributed by atoms with E-state index < -0.39 is 24.7 Å². The first-order valence-electron chi connectivity index (χ1n) is 8.86. The molecular weight excluding hydrogens is 361 g/mol. The van der Waals surface area contributed by atoms with Crippen molar-refractivity contribution in [2.75, 3.05) is 39.3 Å². The van der Waals surface area contributed by atoms with Gasteiger partial charge in [-0.3, -0.25) is 19.4 Å². The summed E-state index contributed by atoms with van der Waals surface area (Å²) < 4.78 is 36.6. The average Bonchev–Trinajstić information content (AvgIpc) is 2.65. The van der Waals surface area contributed by atoms with Crippen LogP contribution >= 0.6 is 0 Å². The lowest BCUT2D eigenvalue weighted by Gasteiger charge is -2.37. The van der Waals surface area contributed by atoms with Crippen LogP contribution in [0.5, 0.6) is 0 Å². The number of nitrogens with one attached hydrogen (secondary N) is 2. The number of benzene rings is 1. The van der Waals surface area contributed by atoms with E-state index in [2.05, 4.69) is 5.32 Å². The van der Waals surface area contributed by atoms with E-state index in [0.717, 1.165) is 5.56 Å². The molecule has 0 spiro atoms. The van der Waals surface area contributed by atoms with Gasteiger partial charge in [0.2, 0.25) is 11.8 Å². The molecule has 1 saturated heterocycles. The minimum Gasteiger partial charge on any atom is -0.351 e. The van der Waals surface area contributed by atoms with Crippen molar-refractivity contribution in [3.05, 3.63) is 35.9 Å². The van der Waals surface area contributed by atoms with E-state index >= 15 is 0 Å². The number of carbonyl (C=O) groups is 2. The summed E-state index contributed by atoms with van der Waals surface area (Å²) in [6, 6.07) is 8.96. The summed E-state index contributed by atoms with van der Waals surface area (Å²) in [6.45, 7) is 3.20. The monoisotopic (exact) mass is 386 g/mol. The highest BCUT2D eigenvalue weighted by molar-refractivity contribution is 5.81. The van der Waals surface area contributed by atoms with Crippen molar-refractivity contribution in [2.24, 2.45) is 0 Å². The fourth-order valence-electron chi connectivity index (χ4n) is 2.87. The molecule has 2 rings (SSSR count). The van der Waals surface area contributed by atoms with Gasteiger partial charge >= 0.3 is 6.18 Å². The molecule has 0 aliphatic carbocycles. The molecule has 1 aliphatic rings. The SMILES string of the molecule is CC(C(=O)NCC(F)(F)F)N1CCN(CC(=O)NCc2ccccc2)CC1. The number of alkyl halides is 3. The number of piperazine rings is 1. The normalized spacial score (nSPS) is 17.3. The van der Waals surface area contributed by atoms with E-state index in [1.54, 1.807) is 6.92 Å². The molecule has 9 heteroatoms. The maximum absolute atomic E-state index is 12.2. The van der Waals surface area contributed by atoms with Crippen molar-refractivity contribution in [2.45, 2.75) is 25.7 Å². The third-order valence-corrected chi connectivity index (χ3v) is 4.50. The smallest absolute Gasteiger partial charge is 0.351 e. The molecule has 0 aromatic heterocycles. The second-order valence-corrected chi connectivity index (χ2v) is 6.58. The Balaban J connectivity index is 1.68. The molecule has 2 amide bonds. The van der Waals surface area contributed by atoms with Crippen molar-refractivity contribution in [1.29, 1.82) is 0 Å². The molecule has 1 unspecified atom stereocenters. The summed E-state index contributed by atoms with van der Waals surface area (Å²) in [7, 11) is 0. The molecule has 6 nitrogen and oxygen atoms in total. The van der Waals surface area contributed by atoms with Gasteiger partial charge in [-0.25, -0.2) is 0 Å². The maximum Gasteiger partial charge on any atom is 0.405 e. The Kier molecular flexibility index (Phi) is 7.61. The molecule has 1 atom stereocenters. The Morgan fingerprint density at radius 3 is 2.30 bits per heavy atom. The van der Waals surface area contributed by atoms with Crippen LogP contribution in [0.1, 0.15) is 12.5 Å². The van der Waals surface area contributed by atoms with Gasteiger partial charge in [0.1, 0.15) is 6.54 Å². The predicted octanol–water partition coefficient (Wildman–Crippen LogP) is 0.987. The summed E-state index contributed by atoms with van der Waals surface area (Å²) in [5.41, 5.74) is 1.02. The van der Waals surface area contributed by atoms with Crippen molar-refractivity contribution >= 4 is 11.8 Å². The summed E-state index contributed by atoms with van der Waals surface area (Å²) in [4.78, 5) is 27.7. The first-order valence-corrected chi connectivity index (χ1v) is 8.86. The summed E-state index contributed by atoms with van der Waals surface area (Å²) in [5, 5.41) is 4.78. The fraction of sp³-hybridized carbons (Fsp3) is 0.556.